The summed E-state index contributed by atoms with van der Waals surface area (Å²) in [5.74, 6) is 0.700. The quantitative estimate of drug-likeness (QED) is 0.198. The molecule has 3 aromatic heterocycles. The van der Waals surface area contributed by atoms with Crippen LogP contribution in [0.15, 0.2) is 168 Å². The van der Waals surface area contributed by atoms with Crippen LogP contribution in [0.4, 0.5) is 0 Å². The van der Waals surface area contributed by atoms with Gasteiger partial charge in [0, 0.05) is 43.7 Å². The van der Waals surface area contributed by atoms with Crippen LogP contribution in [0, 0.1) is 0 Å². The fraction of sp³-hybridized carbons (Fsp3) is 0. The van der Waals surface area contributed by atoms with Gasteiger partial charge in [-0.1, -0.05) is 109 Å². The van der Waals surface area contributed by atoms with Gasteiger partial charge in [-0.05, 0) is 65.7 Å². The van der Waals surface area contributed by atoms with E-state index in [2.05, 4.69) is 132 Å². The zero-order chi connectivity index (χ0) is 31.6. The fourth-order valence-electron chi connectivity index (χ4n) is 7.23. The second-order valence-electron chi connectivity index (χ2n) is 12.2. The first-order chi connectivity index (χ1) is 23.8. The van der Waals surface area contributed by atoms with Crippen LogP contribution in [0.25, 0.3) is 94.1 Å². The van der Waals surface area contributed by atoms with Gasteiger partial charge >= 0.3 is 0 Å². The topological polar surface area (TPSA) is 43.9 Å². The predicted molar refractivity (Wildman–Crippen MR) is 197 cm³/mol. The van der Waals surface area contributed by atoms with Gasteiger partial charge in [0.05, 0.1) is 22.2 Å². The molecule has 0 saturated carbocycles. The van der Waals surface area contributed by atoms with Crippen molar-refractivity contribution in [3.8, 4) is 39.5 Å². The van der Waals surface area contributed by atoms with E-state index in [4.69, 9.17) is 14.4 Å². The SMILES string of the molecule is c1ccc(-c2nc(-c3cc(-c4ccc5c(c4)c4ccccc4n5-c4ccccc4)c4c(c3)oc3ccccc34)c3ccccc3n2)cc1. The van der Waals surface area contributed by atoms with Gasteiger partial charge < -0.3 is 8.98 Å². The molecule has 10 rings (SSSR count). The summed E-state index contributed by atoms with van der Waals surface area (Å²) in [6.45, 7) is 0. The maximum Gasteiger partial charge on any atom is 0.160 e. The van der Waals surface area contributed by atoms with Crippen molar-refractivity contribution in [3.05, 3.63) is 164 Å². The Hall–Kier alpha value is -6.52. The molecule has 0 atom stereocenters. The first-order valence-electron chi connectivity index (χ1n) is 16.2. The number of furan rings is 1. The van der Waals surface area contributed by atoms with Crippen LogP contribution in [0.2, 0.25) is 0 Å². The van der Waals surface area contributed by atoms with E-state index in [1.54, 1.807) is 0 Å². The van der Waals surface area contributed by atoms with Crippen molar-refractivity contribution in [2.24, 2.45) is 0 Å². The average molecular weight is 614 g/mol. The Balaban J connectivity index is 1.27. The van der Waals surface area contributed by atoms with Crippen LogP contribution in [0.1, 0.15) is 0 Å². The van der Waals surface area contributed by atoms with Crippen molar-refractivity contribution in [1.29, 1.82) is 0 Å². The summed E-state index contributed by atoms with van der Waals surface area (Å²) in [4.78, 5) is 10.2. The second kappa shape index (κ2) is 10.5. The van der Waals surface area contributed by atoms with Crippen molar-refractivity contribution < 1.29 is 4.42 Å². The number of rotatable bonds is 4. The van der Waals surface area contributed by atoms with Crippen molar-refractivity contribution in [2.45, 2.75) is 0 Å². The van der Waals surface area contributed by atoms with E-state index in [0.717, 1.165) is 66.5 Å². The Bertz CT molecular complexity index is 2830. The molecule has 0 amide bonds. The maximum atomic E-state index is 6.58. The molecule has 0 aliphatic carbocycles. The highest BCUT2D eigenvalue weighted by atomic mass is 16.3. The Labute approximate surface area is 276 Å². The first kappa shape index (κ1) is 26.7. The lowest BCUT2D eigenvalue weighted by Gasteiger charge is -2.12. The molecule has 0 spiro atoms. The monoisotopic (exact) mass is 613 g/mol. The molecule has 0 unspecified atom stereocenters. The van der Waals surface area contributed by atoms with Gasteiger partial charge in [0.2, 0.25) is 0 Å². The largest absolute Gasteiger partial charge is 0.456 e. The molecule has 0 saturated heterocycles. The van der Waals surface area contributed by atoms with E-state index in [9.17, 15) is 0 Å². The fourth-order valence-corrected chi connectivity index (χ4v) is 7.23. The van der Waals surface area contributed by atoms with Gasteiger partial charge in [0.1, 0.15) is 11.2 Å². The van der Waals surface area contributed by atoms with Crippen LogP contribution in [-0.2, 0) is 0 Å². The summed E-state index contributed by atoms with van der Waals surface area (Å²) in [6, 6.07) is 57.2. The Morgan fingerprint density at radius 1 is 0.438 bits per heavy atom. The molecule has 4 heteroatoms. The molecular formula is C44H27N3O. The van der Waals surface area contributed by atoms with E-state index < -0.39 is 0 Å². The molecule has 10 aromatic rings. The molecule has 224 valence electrons. The number of para-hydroxylation sites is 4. The third-order valence-corrected chi connectivity index (χ3v) is 9.39. The van der Waals surface area contributed by atoms with Crippen LogP contribution in [0.3, 0.4) is 0 Å². The van der Waals surface area contributed by atoms with Crippen LogP contribution < -0.4 is 0 Å². The molecule has 7 aromatic carbocycles. The van der Waals surface area contributed by atoms with Crippen molar-refractivity contribution in [3.63, 3.8) is 0 Å². The number of aromatic nitrogens is 3. The zero-order valence-electron chi connectivity index (χ0n) is 25.8. The molecular weight excluding hydrogens is 587 g/mol. The van der Waals surface area contributed by atoms with Gasteiger partial charge in [-0.15, -0.1) is 0 Å². The summed E-state index contributed by atoms with van der Waals surface area (Å²) < 4.78 is 8.93. The van der Waals surface area contributed by atoms with Gasteiger partial charge in [-0.25, -0.2) is 9.97 Å². The highest BCUT2D eigenvalue weighted by Gasteiger charge is 2.20. The Morgan fingerprint density at radius 3 is 1.98 bits per heavy atom. The van der Waals surface area contributed by atoms with E-state index >= 15 is 0 Å². The standard InChI is InChI=1S/C44H27N3O/c1-3-13-28(14-4-1)44-45-37-20-10-7-18-33(37)43(46-44)30-26-35(42-34-19-9-12-22-40(34)48-41(42)27-30)29-23-24-39-36(25-29)32-17-8-11-21-38(32)47(39)31-15-5-2-6-16-31/h1-27H. The van der Waals surface area contributed by atoms with Crippen LogP contribution in [-0.4, -0.2) is 14.5 Å². The normalized spacial score (nSPS) is 11.8. The summed E-state index contributed by atoms with van der Waals surface area (Å²) >= 11 is 0. The number of fused-ring (bicyclic) bond motifs is 7. The third kappa shape index (κ3) is 4.10. The van der Waals surface area contributed by atoms with Crippen molar-refractivity contribution >= 4 is 54.6 Å². The first-order valence-corrected chi connectivity index (χ1v) is 16.2. The average Bonchev–Trinajstić information content (AvgIpc) is 3.70. The molecule has 0 N–H and O–H groups in total. The van der Waals surface area contributed by atoms with Crippen molar-refractivity contribution in [1.82, 2.24) is 14.5 Å². The molecule has 0 aliphatic heterocycles. The predicted octanol–water partition coefficient (Wildman–Crippen LogP) is 11.6. The van der Waals surface area contributed by atoms with Gasteiger partial charge in [0.15, 0.2) is 5.82 Å². The van der Waals surface area contributed by atoms with Crippen LogP contribution in [0.5, 0.6) is 0 Å². The van der Waals surface area contributed by atoms with E-state index in [-0.39, 0.29) is 0 Å². The maximum absolute atomic E-state index is 6.58. The van der Waals surface area contributed by atoms with E-state index in [1.165, 1.54) is 21.8 Å². The summed E-state index contributed by atoms with van der Waals surface area (Å²) in [5.41, 5.74) is 11.2. The van der Waals surface area contributed by atoms with E-state index in [1.807, 2.05) is 36.4 Å². The minimum atomic E-state index is 0.700. The minimum absolute atomic E-state index is 0.700. The van der Waals surface area contributed by atoms with Crippen LogP contribution >= 0.6 is 0 Å². The molecule has 48 heavy (non-hydrogen) atoms. The highest BCUT2D eigenvalue weighted by Crippen LogP contribution is 2.43. The Morgan fingerprint density at radius 2 is 1.12 bits per heavy atom. The third-order valence-electron chi connectivity index (χ3n) is 9.39. The lowest BCUT2D eigenvalue weighted by molar-refractivity contribution is 0.669. The summed E-state index contributed by atoms with van der Waals surface area (Å²) in [6.07, 6.45) is 0. The number of nitrogens with zero attached hydrogens (tertiary/aromatic N) is 3. The molecule has 0 aliphatic rings. The summed E-state index contributed by atoms with van der Waals surface area (Å²) in [7, 11) is 0. The zero-order valence-corrected chi connectivity index (χ0v) is 25.8. The molecule has 0 fully saturated rings. The number of hydrogen-bond donors (Lipinski definition) is 0. The van der Waals surface area contributed by atoms with E-state index in [0.29, 0.717) is 5.82 Å². The smallest absolute Gasteiger partial charge is 0.160 e. The highest BCUT2D eigenvalue weighted by molar-refractivity contribution is 6.16. The van der Waals surface area contributed by atoms with Gasteiger partial charge in [-0.3, -0.25) is 0 Å². The molecule has 4 nitrogen and oxygen atoms in total. The molecule has 3 heterocycles. The van der Waals surface area contributed by atoms with Crippen molar-refractivity contribution in [2.75, 3.05) is 0 Å². The summed E-state index contributed by atoms with van der Waals surface area (Å²) in [5, 5.41) is 5.62. The second-order valence-corrected chi connectivity index (χ2v) is 12.2. The molecule has 0 bridgehead atoms. The lowest BCUT2D eigenvalue weighted by Crippen LogP contribution is -1.95. The Kier molecular flexibility index (Phi) is 5.84. The van der Waals surface area contributed by atoms with Gasteiger partial charge in [-0.2, -0.15) is 0 Å². The molecule has 0 radical (unpaired) electrons. The number of benzene rings is 7. The number of hydrogen-bond acceptors (Lipinski definition) is 3. The minimum Gasteiger partial charge on any atom is -0.456 e. The van der Waals surface area contributed by atoms with Gasteiger partial charge in [0.25, 0.3) is 0 Å². The lowest BCUT2D eigenvalue weighted by atomic mass is 9.94.